The summed E-state index contributed by atoms with van der Waals surface area (Å²) in [5.74, 6) is 0.243. The van der Waals surface area contributed by atoms with Crippen molar-refractivity contribution in [2.45, 2.75) is 31.1 Å². The van der Waals surface area contributed by atoms with Crippen molar-refractivity contribution in [1.29, 1.82) is 0 Å². The molecule has 4 heteroatoms. The standard InChI is InChI=1S/C6H12O3S/c1-4(10(8)9)6(7)5-2-3-5/h4-7H,2-3H2,1H3,(H,8,9)/p-1/t4-,6-/m1/s1. The molecule has 1 saturated carbocycles. The lowest BCUT2D eigenvalue weighted by Gasteiger charge is -2.20. The normalized spacial score (nSPS) is 27.5. The second kappa shape index (κ2) is 2.98. The summed E-state index contributed by atoms with van der Waals surface area (Å²) in [6, 6.07) is 0. The Morgan fingerprint density at radius 1 is 1.70 bits per heavy atom. The molecule has 1 aliphatic carbocycles. The molecule has 0 aliphatic heterocycles. The smallest absolute Gasteiger partial charge is 0.0697 e. The highest BCUT2D eigenvalue weighted by atomic mass is 32.2. The highest BCUT2D eigenvalue weighted by Gasteiger charge is 2.33. The minimum Gasteiger partial charge on any atom is -0.772 e. The van der Waals surface area contributed by atoms with Gasteiger partial charge in [0.25, 0.3) is 0 Å². The Morgan fingerprint density at radius 2 is 2.20 bits per heavy atom. The summed E-state index contributed by atoms with van der Waals surface area (Å²) in [5.41, 5.74) is 0. The lowest BCUT2D eigenvalue weighted by molar-refractivity contribution is 0.149. The zero-order chi connectivity index (χ0) is 7.72. The van der Waals surface area contributed by atoms with Crippen molar-refractivity contribution in [3.8, 4) is 0 Å². The van der Waals surface area contributed by atoms with Gasteiger partial charge in [-0.1, -0.05) is 0 Å². The predicted molar refractivity (Wildman–Crippen MR) is 37.1 cm³/mol. The highest BCUT2D eigenvalue weighted by Crippen LogP contribution is 2.34. The van der Waals surface area contributed by atoms with Crippen molar-refractivity contribution in [2.75, 3.05) is 0 Å². The molecule has 0 spiro atoms. The van der Waals surface area contributed by atoms with Crippen LogP contribution >= 0.6 is 0 Å². The number of hydrogen-bond acceptors (Lipinski definition) is 3. The Morgan fingerprint density at radius 3 is 2.50 bits per heavy atom. The van der Waals surface area contributed by atoms with Crippen LogP contribution in [0.15, 0.2) is 0 Å². The Bertz CT molecular complexity index is 144. The van der Waals surface area contributed by atoms with Gasteiger partial charge >= 0.3 is 0 Å². The number of hydrogen-bond donors (Lipinski definition) is 1. The Labute approximate surface area is 62.7 Å². The summed E-state index contributed by atoms with van der Waals surface area (Å²) in [6.45, 7) is 1.53. The maximum absolute atomic E-state index is 10.3. The van der Waals surface area contributed by atoms with Crippen LogP contribution in [0.3, 0.4) is 0 Å². The van der Waals surface area contributed by atoms with Crippen molar-refractivity contribution in [2.24, 2.45) is 5.92 Å². The van der Waals surface area contributed by atoms with E-state index in [9.17, 15) is 13.9 Å². The summed E-state index contributed by atoms with van der Waals surface area (Å²) in [4.78, 5) is 0. The average molecular weight is 163 g/mol. The van der Waals surface area contributed by atoms with Gasteiger partial charge in [0, 0.05) is 5.25 Å². The third-order valence-electron chi connectivity index (χ3n) is 1.89. The van der Waals surface area contributed by atoms with Gasteiger partial charge in [-0.3, -0.25) is 4.21 Å². The van der Waals surface area contributed by atoms with Gasteiger partial charge in [-0.25, -0.2) is 0 Å². The van der Waals surface area contributed by atoms with Gasteiger partial charge in [-0.15, -0.1) is 0 Å². The number of aliphatic hydroxyl groups is 1. The first-order valence-electron chi connectivity index (χ1n) is 3.39. The van der Waals surface area contributed by atoms with E-state index in [1.165, 1.54) is 6.92 Å². The molecule has 0 aromatic carbocycles. The first kappa shape index (κ1) is 8.17. The molecular weight excluding hydrogens is 152 g/mol. The molecular formula is C6H11O3S-. The van der Waals surface area contributed by atoms with Crippen LogP contribution in [0.5, 0.6) is 0 Å². The van der Waals surface area contributed by atoms with Crippen molar-refractivity contribution >= 4 is 11.1 Å². The molecule has 0 radical (unpaired) electrons. The van der Waals surface area contributed by atoms with Crippen molar-refractivity contribution in [1.82, 2.24) is 0 Å². The van der Waals surface area contributed by atoms with E-state index in [2.05, 4.69) is 0 Å². The fourth-order valence-corrected chi connectivity index (χ4v) is 1.38. The lowest BCUT2D eigenvalue weighted by Crippen LogP contribution is -2.28. The van der Waals surface area contributed by atoms with E-state index in [1.54, 1.807) is 0 Å². The van der Waals surface area contributed by atoms with Crippen LogP contribution in [0.25, 0.3) is 0 Å². The minimum absolute atomic E-state index is 0.243. The van der Waals surface area contributed by atoms with Crippen LogP contribution in [0.2, 0.25) is 0 Å². The molecule has 1 rings (SSSR count). The molecule has 0 saturated heterocycles. The predicted octanol–water partition coefficient (Wildman–Crippen LogP) is 0.0249. The average Bonchev–Trinajstić information content (AvgIpc) is 2.65. The van der Waals surface area contributed by atoms with Crippen LogP contribution in [-0.4, -0.2) is 25.2 Å². The van der Waals surface area contributed by atoms with Crippen molar-refractivity contribution in [3.63, 3.8) is 0 Å². The highest BCUT2D eigenvalue weighted by molar-refractivity contribution is 7.79. The van der Waals surface area contributed by atoms with Crippen LogP contribution in [0.1, 0.15) is 19.8 Å². The summed E-state index contributed by atoms with van der Waals surface area (Å²) in [6.07, 6.45) is 1.31. The topological polar surface area (TPSA) is 60.4 Å². The largest absolute Gasteiger partial charge is 0.772 e. The van der Waals surface area contributed by atoms with E-state index in [4.69, 9.17) is 0 Å². The second-order valence-corrected chi connectivity index (χ2v) is 4.06. The first-order chi connectivity index (χ1) is 4.63. The van der Waals surface area contributed by atoms with Gasteiger partial charge < -0.3 is 9.66 Å². The monoisotopic (exact) mass is 163 g/mol. The molecule has 60 valence electrons. The summed E-state index contributed by atoms with van der Waals surface area (Å²) >= 11 is -2.12. The lowest BCUT2D eigenvalue weighted by atomic mass is 10.2. The van der Waals surface area contributed by atoms with Crippen LogP contribution in [0.4, 0.5) is 0 Å². The molecule has 3 atom stereocenters. The maximum Gasteiger partial charge on any atom is 0.0697 e. The van der Waals surface area contributed by atoms with Crippen LogP contribution in [0, 0.1) is 5.92 Å². The fourth-order valence-electron chi connectivity index (χ4n) is 0.935. The molecule has 1 fully saturated rings. The molecule has 0 aromatic heterocycles. The van der Waals surface area contributed by atoms with Crippen molar-refractivity contribution in [3.05, 3.63) is 0 Å². The maximum atomic E-state index is 10.3. The quantitative estimate of drug-likeness (QED) is 0.597. The zero-order valence-corrected chi connectivity index (χ0v) is 6.63. The van der Waals surface area contributed by atoms with E-state index >= 15 is 0 Å². The van der Waals surface area contributed by atoms with E-state index < -0.39 is 22.4 Å². The minimum atomic E-state index is -2.12. The Hall–Kier alpha value is 0.0700. The van der Waals surface area contributed by atoms with Gasteiger partial charge in [-0.2, -0.15) is 0 Å². The van der Waals surface area contributed by atoms with E-state index in [-0.39, 0.29) is 5.92 Å². The van der Waals surface area contributed by atoms with E-state index in [1.807, 2.05) is 0 Å². The van der Waals surface area contributed by atoms with Crippen molar-refractivity contribution < 1.29 is 13.9 Å². The SMILES string of the molecule is C[C@H]([C@@H](O)C1CC1)S(=O)[O-]. The van der Waals surface area contributed by atoms with Gasteiger partial charge in [0.15, 0.2) is 0 Å². The third kappa shape index (κ3) is 1.78. The van der Waals surface area contributed by atoms with Crippen LogP contribution in [-0.2, 0) is 11.1 Å². The second-order valence-electron chi connectivity index (χ2n) is 2.79. The van der Waals surface area contributed by atoms with Crippen LogP contribution < -0.4 is 0 Å². The van der Waals surface area contributed by atoms with Gasteiger partial charge in [-0.05, 0) is 36.8 Å². The van der Waals surface area contributed by atoms with Gasteiger partial charge in [0.2, 0.25) is 0 Å². The van der Waals surface area contributed by atoms with Gasteiger partial charge in [0.05, 0.1) is 6.10 Å². The molecule has 3 nitrogen and oxygen atoms in total. The molecule has 10 heavy (non-hydrogen) atoms. The molecule has 0 bridgehead atoms. The summed E-state index contributed by atoms with van der Waals surface area (Å²) in [7, 11) is 0. The molecule has 0 heterocycles. The molecule has 0 aromatic rings. The fraction of sp³-hybridized carbons (Fsp3) is 1.00. The third-order valence-corrected chi connectivity index (χ3v) is 2.78. The number of aliphatic hydroxyl groups excluding tert-OH is 1. The Kier molecular flexibility index (Phi) is 2.44. The summed E-state index contributed by atoms with van der Waals surface area (Å²) in [5, 5.41) is 8.63. The van der Waals surface area contributed by atoms with E-state index in [0.717, 1.165) is 12.8 Å². The Balaban J connectivity index is 2.38. The molecule has 1 unspecified atom stereocenters. The van der Waals surface area contributed by atoms with Gasteiger partial charge in [0.1, 0.15) is 0 Å². The molecule has 1 N–H and O–H groups in total. The molecule has 1 aliphatic rings. The number of rotatable bonds is 3. The summed E-state index contributed by atoms with van der Waals surface area (Å²) < 4.78 is 20.6. The first-order valence-corrected chi connectivity index (χ1v) is 4.53. The zero-order valence-electron chi connectivity index (χ0n) is 5.82. The molecule has 0 amide bonds. The van der Waals surface area contributed by atoms with E-state index in [0.29, 0.717) is 0 Å².